The standard InChI is InChI=1S/C23H19NO3/c25-23(26)19-9-4-8-18(14-19)15-24-13-12-20-21(24)10-5-11-22(20)27-16-17-6-2-1-3-7-17/h1-14H,15-16H2,(H,25,26). The van der Waals surface area contributed by atoms with Gasteiger partial charge in [0, 0.05) is 18.1 Å². The summed E-state index contributed by atoms with van der Waals surface area (Å²) in [5, 5.41) is 10.2. The molecule has 27 heavy (non-hydrogen) atoms. The van der Waals surface area contributed by atoms with Crippen molar-refractivity contribution in [3.63, 3.8) is 0 Å². The molecular formula is C23H19NO3. The van der Waals surface area contributed by atoms with Gasteiger partial charge in [-0.05, 0) is 41.5 Å². The Morgan fingerprint density at radius 3 is 2.48 bits per heavy atom. The van der Waals surface area contributed by atoms with E-state index >= 15 is 0 Å². The highest BCUT2D eigenvalue weighted by molar-refractivity contribution is 5.88. The predicted octanol–water partition coefficient (Wildman–Crippen LogP) is 4.97. The van der Waals surface area contributed by atoms with Crippen molar-refractivity contribution in [2.45, 2.75) is 13.2 Å². The molecule has 4 nitrogen and oxygen atoms in total. The summed E-state index contributed by atoms with van der Waals surface area (Å²) in [5.74, 6) is -0.0693. The zero-order chi connectivity index (χ0) is 18.6. The highest BCUT2D eigenvalue weighted by atomic mass is 16.5. The van der Waals surface area contributed by atoms with Gasteiger partial charge in [0.2, 0.25) is 0 Å². The molecule has 4 heteroatoms. The van der Waals surface area contributed by atoms with Gasteiger partial charge in [0.1, 0.15) is 12.4 Å². The third-order valence-corrected chi connectivity index (χ3v) is 4.54. The minimum absolute atomic E-state index is 0.302. The predicted molar refractivity (Wildman–Crippen MR) is 105 cm³/mol. The summed E-state index contributed by atoms with van der Waals surface area (Å²) in [6, 6.07) is 25.1. The molecule has 0 bridgehead atoms. The fourth-order valence-electron chi connectivity index (χ4n) is 3.19. The maximum absolute atomic E-state index is 11.2. The van der Waals surface area contributed by atoms with Crippen LogP contribution in [0.5, 0.6) is 5.75 Å². The number of rotatable bonds is 6. The summed E-state index contributed by atoms with van der Waals surface area (Å²) in [6.45, 7) is 1.12. The lowest BCUT2D eigenvalue weighted by molar-refractivity contribution is 0.0696. The van der Waals surface area contributed by atoms with Crippen LogP contribution in [-0.2, 0) is 13.2 Å². The van der Waals surface area contributed by atoms with E-state index in [4.69, 9.17) is 4.74 Å². The smallest absolute Gasteiger partial charge is 0.335 e. The average Bonchev–Trinajstić information content (AvgIpc) is 3.11. The molecule has 0 aliphatic rings. The van der Waals surface area contributed by atoms with Crippen LogP contribution in [0.1, 0.15) is 21.5 Å². The van der Waals surface area contributed by atoms with E-state index in [2.05, 4.69) is 4.57 Å². The van der Waals surface area contributed by atoms with Gasteiger partial charge in [0.15, 0.2) is 0 Å². The minimum atomic E-state index is -0.911. The summed E-state index contributed by atoms with van der Waals surface area (Å²) in [4.78, 5) is 11.2. The number of carboxylic acids is 1. The fourth-order valence-corrected chi connectivity index (χ4v) is 3.19. The van der Waals surface area contributed by atoms with Gasteiger partial charge in [-0.3, -0.25) is 0 Å². The largest absolute Gasteiger partial charge is 0.488 e. The number of hydrogen-bond acceptors (Lipinski definition) is 2. The van der Waals surface area contributed by atoms with Gasteiger partial charge in [-0.25, -0.2) is 4.79 Å². The van der Waals surface area contributed by atoms with Crippen LogP contribution in [0.4, 0.5) is 0 Å². The fraction of sp³-hybridized carbons (Fsp3) is 0.0870. The first kappa shape index (κ1) is 16.9. The second-order valence-electron chi connectivity index (χ2n) is 6.41. The molecular weight excluding hydrogens is 338 g/mol. The normalized spacial score (nSPS) is 10.8. The molecule has 1 aromatic heterocycles. The van der Waals surface area contributed by atoms with E-state index in [1.54, 1.807) is 18.2 Å². The highest BCUT2D eigenvalue weighted by Crippen LogP contribution is 2.28. The first-order chi connectivity index (χ1) is 13.2. The monoisotopic (exact) mass is 357 g/mol. The Hall–Kier alpha value is -3.53. The molecule has 0 aliphatic carbocycles. The van der Waals surface area contributed by atoms with Crippen molar-refractivity contribution in [2.75, 3.05) is 0 Å². The van der Waals surface area contributed by atoms with E-state index in [1.165, 1.54) is 0 Å². The van der Waals surface area contributed by atoms with E-state index < -0.39 is 5.97 Å². The molecule has 0 unspecified atom stereocenters. The van der Waals surface area contributed by atoms with Crippen LogP contribution in [-0.4, -0.2) is 15.6 Å². The number of fused-ring (bicyclic) bond motifs is 1. The molecule has 0 radical (unpaired) electrons. The number of aromatic nitrogens is 1. The van der Waals surface area contributed by atoms with Crippen LogP contribution in [0.3, 0.4) is 0 Å². The Bertz CT molecular complexity index is 1080. The number of ether oxygens (including phenoxy) is 1. The molecule has 1 heterocycles. The summed E-state index contributed by atoms with van der Waals surface area (Å²) in [6.07, 6.45) is 2.01. The van der Waals surface area contributed by atoms with Crippen LogP contribution in [0.2, 0.25) is 0 Å². The number of carbonyl (C=O) groups is 1. The van der Waals surface area contributed by atoms with Gasteiger partial charge in [-0.15, -0.1) is 0 Å². The van der Waals surface area contributed by atoms with Crippen LogP contribution in [0, 0.1) is 0 Å². The Balaban J connectivity index is 1.59. The van der Waals surface area contributed by atoms with E-state index in [1.807, 2.05) is 66.9 Å². The van der Waals surface area contributed by atoms with Crippen LogP contribution in [0.25, 0.3) is 10.9 Å². The van der Waals surface area contributed by atoms with Gasteiger partial charge in [-0.1, -0.05) is 48.5 Å². The Morgan fingerprint density at radius 2 is 1.67 bits per heavy atom. The minimum Gasteiger partial charge on any atom is -0.488 e. The van der Waals surface area contributed by atoms with Crippen molar-refractivity contribution < 1.29 is 14.6 Å². The first-order valence-corrected chi connectivity index (χ1v) is 8.77. The van der Waals surface area contributed by atoms with Gasteiger partial charge >= 0.3 is 5.97 Å². The molecule has 1 N–H and O–H groups in total. The number of hydrogen-bond donors (Lipinski definition) is 1. The molecule has 3 aromatic carbocycles. The molecule has 0 saturated heterocycles. The highest BCUT2D eigenvalue weighted by Gasteiger charge is 2.09. The van der Waals surface area contributed by atoms with E-state index in [0.29, 0.717) is 18.7 Å². The molecule has 0 aliphatic heterocycles. The zero-order valence-corrected chi connectivity index (χ0v) is 14.7. The summed E-state index contributed by atoms with van der Waals surface area (Å²) in [5.41, 5.74) is 3.43. The Morgan fingerprint density at radius 1 is 0.889 bits per heavy atom. The summed E-state index contributed by atoms with van der Waals surface area (Å²) >= 11 is 0. The molecule has 0 spiro atoms. The van der Waals surface area contributed by atoms with Gasteiger partial charge in [-0.2, -0.15) is 0 Å². The van der Waals surface area contributed by atoms with Crippen LogP contribution in [0.15, 0.2) is 85.1 Å². The zero-order valence-electron chi connectivity index (χ0n) is 14.7. The van der Waals surface area contributed by atoms with E-state index in [9.17, 15) is 9.90 Å². The molecule has 0 amide bonds. The van der Waals surface area contributed by atoms with Crippen LogP contribution < -0.4 is 4.74 Å². The molecule has 134 valence electrons. The molecule has 4 aromatic rings. The maximum Gasteiger partial charge on any atom is 0.335 e. The second kappa shape index (κ2) is 7.38. The Labute approximate surface area is 157 Å². The molecule has 4 rings (SSSR count). The van der Waals surface area contributed by atoms with Gasteiger partial charge in [0.25, 0.3) is 0 Å². The quantitative estimate of drug-likeness (QED) is 0.530. The number of benzene rings is 3. The van der Waals surface area contributed by atoms with Gasteiger partial charge < -0.3 is 14.4 Å². The summed E-state index contributed by atoms with van der Waals surface area (Å²) in [7, 11) is 0. The topological polar surface area (TPSA) is 51.5 Å². The van der Waals surface area contributed by atoms with Crippen molar-refractivity contribution >= 4 is 16.9 Å². The SMILES string of the molecule is O=C(O)c1cccc(Cn2ccc3c(OCc4ccccc4)cccc32)c1. The van der Waals surface area contributed by atoms with E-state index in [0.717, 1.165) is 27.8 Å². The third-order valence-electron chi connectivity index (χ3n) is 4.54. The number of aromatic carboxylic acids is 1. The molecule has 0 atom stereocenters. The molecule has 0 fully saturated rings. The first-order valence-electron chi connectivity index (χ1n) is 8.77. The maximum atomic E-state index is 11.2. The lowest BCUT2D eigenvalue weighted by Gasteiger charge is -2.10. The van der Waals surface area contributed by atoms with Crippen molar-refractivity contribution in [1.29, 1.82) is 0 Å². The lowest BCUT2D eigenvalue weighted by atomic mass is 10.1. The van der Waals surface area contributed by atoms with Gasteiger partial charge in [0.05, 0.1) is 11.1 Å². The van der Waals surface area contributed by atoms with Crippen molar-refractivity contribution in [3.05, 3.63) is 102 Å². The van der Waals surface area contributed by atoms with Crippen molar-refractivity contribution in [1.82, 2.24) is 4.57 Å². The van der Waals surface area contributed by atoms with Crippen molar-refractivity contribution in [2.24, 2.45) is 0 Å². The van der Waals surface area contributed by atoms with Crippen LogP contribution >= 0.6 is 0 Å². The summed E-state index contributed by atoms with van der Waals surface area (Å²) < 4.78 is 8.13. The molecule has 0 saturated carbocycles. The second-order valence-corrected chi connectivity index (χ2v) is 6.41. The Kier molecular flexibility index (Phi) is 4.62. The lowest BCUT2D eigenvalue weighted by Crippen LogP contribution is -2.01. The number of nitrogens with zero attached hydrogens (tertiary/aromatic N) is 1. The van der Waals surface area contributed by atoms with Crippen molar-refractivity contribution in [3.8, 4) is 5.75 Å². The average molecular weight is 357 g/mol. The third kappa shape index (κ3) is 3.70. The number of carboxylic acid groups (broad SMARTS) is 1. The van der Waals surface area contributed by atoms with E-state index in [-0.39, 0.29) is 0 Å².